The third-order valence-electron chi connectivity index (χ3n) is 3.26. The van der Waals surface area contributed by atoms with Gasteiger partial charge < -0.3 is 10.1 Å². The summed E-state index contributed by atoms with van der Waals surface area (Å²) in [5.41, 5.74) is 0.220. The summed E-state index contributed by atoms with van der Waals surface area (Å²) in [6, 6.07) is 5.26. The van der Waals surface area contributed by atoms with Crippen molar-refractivity contribution in [2.45, 2.75) is 13.3 Å². The molecule has 0 amide bonds. The number of carbonyl (C=O) groups is 1. The van der Waals surface area contributed by atoms with Crippen LogP contribution in [0.1, 0.15) is 28.7 Å². The first-order chi connectivity index (χ1) is 10.1. The monoisotopic (exact) mass is 285 g/mol. The fourth-order valence-corrected chi connectivity index (χ4v) is 2.28. The van der Waals surface area contributed by atoms with Crippen LogP contribution in [0.4, 0.5) is 0 Å². The average molecular weight is 285 g/mol. The van der Waals surface area contributed by atoms with Crippen molar-refractivity contribution in [1.82, 2.24) is 25.6 Å². The highest BCUT2D eigenvalue weighted by Gasteiger charge is 2.24. The van der Waals surface area contributed by atoms with Crippen LogP contribution in [0.3, 0.4) is 0 Å². The molecule has 2 heterocycles. The van der Waals surface area contributed by atoms with E-state index in [1.165, 1.54) is 0 Å². The van der Waals surface area contributed by atoms with E-state index in [0.29, 0.717) is 17.3 Å². The number of rotatable bonds is 3. The molecule has 2 aromatic heterocycles. The molecule has 8 nitrogen and oxygen atoms in total. The largest absolute Gasteiger partial charge is 0.506 e. The third-order valence-corrected chi connectivity index (χ3v) is 3.26. The van der Waals surface area contributed by atoms with E-state index >= 15 is 0 Å². The quantitative estimate of drug-likeness (QED) is 0.603. The lowest BCUT2D eigenvalue weighted by molar-refractivity contribution is 0.102. The van der Waals surface area contributed by atoms with Crippen LogP contribution < -0.4 is 5.56 Å². The summed E-state index contributed by atoms with van der Waals surface area (Å²) in [5, 5.41) is 23.3. The van der Waals surface area contributed by atoms with Gasteiger partial charge in [-0.25, -0.2) is 0 Å². The number of tetrazole rings is 1. The maximum absolute atomic E-state index is 12.2. The van der Waals surface area contributed by atoms with Gasteiger partial charge >= 0.3 is 0 Å². The van der Waals surface area contributed by atoms with E-state index in [4.69, 9.17) is 0 Å². The minimum atomic E-state index is -0.782. The number of nitrogens with one attached hydrogen (secondary N) is 2. The summed E-state index contributed by atoms with van der Waals surface area (Å²) in [4.78, 5) is 26.9. The fourth-order valence-electron chi connectivity index (χ4n) is 2.28. The lowest BCUT2D eigenvalue weighted by atomic mass is 10.0. The number of pyridine rings is 1. The molecular formula is C13H11N5O3. The second-order valence-corrected chi connectivity index (χ2v) is 4.44. The Labute approximate surface area is 117 Å². The zero-order chi connectivity index (χ0) is 15.0. The summed E-state index contributed by atoms with van der Waals surface area (Å²) < 4.78 is 0. The van der Waals surface area contributed by atoms with Crippen LogP contribution in [-0.4, -0.2) is 36.5 Å². The normalized spacial score (nSPS) is 10.9. The van der Waals surface area contributed by atoms with Crippen LogP contribution in [0.5, 0.6) is 5.75 Å². The number of aromatic nitrogens is 5. The van der Waals surface area contributed by atoms with Crippen molar-refractivity contribution in [2.75, 3.05) is 0 Å². The van der Waals surface area contributed by atoms with Crippen LogP contribution in [0.25, 0.3) is 10.9 Å². The van der Waals surface area contributed by atoms with Crippen molar-refractivity contribution in [3.8, 4) is 5.75 Å². The van der Waals surface area contributed by atoms with E-state index < -0.39 is 11.3 Å². The van der Waals surface area contributed by atoms with Crippen molar-refractivity contribution in [3.05, 3.63) is 45.5 Å². The second kappa shape index (κ2) is 4.82. The van der Waals surface area contributed by atoms with Crippen molar-refractivity contribution in [2.24, 2.45) is 0 Å². The van der Waals surface area contributed by atoms with Gasteiger partial charge in [-0.1, -0.05) is 19.1 Å². The average Bonchev–Trinajstić information content (AvgIpc) is 3.00. The molecule has 3 rings (SSSR count). The van der Waals surface area contributed by atoms with Crippen LogP contribution in [-0.2, 0) is 6.42 Å². The molecule has 0 saturated heterocycles. The van der Waals surface area contributed by atoms with E-state index in [2.05, 4.69) is 25.6 Å². The number of ketones is 1. The van der Waals surface area contributed by atoms with Gasteiger partial charge in [-0.05, 0) is 23.3 Å². The molecule has 0 spiro atoms. The lowest BCUT2D eigenvalue weighted by Crippen LogP contribution is -2.20. The summed E-state index contributed by atoms with van der Waals surface area (Å²) in [6.07, 6.45) is 0.646. The molecule has 0 radical (unpaired) electrons. The molecule has 0 aliphatic carbocycles. The molecule has 8 heteroatoms. The van der Waals surface area contributed by atoms with Gasteiger partial charge in [-0.3, -0.25) is 9.59 Å². The number of fused-ring (bicyclic) bond motifs is 1. The maximum atomic E-state index is 12.2. The third kappa shape index (κ3) is 1.97. The molecule has 0 fully saturated rings. The molecule has 0 unspecified atom stereocenters. The molecule has 3 N–H and O–H groups in total. The standard InChI is InChI=1S/C13H11N5O3/c1-2-6-4-3-5-7-8(6)10(19)9(13(21)14-7)11(20)12-15-17-18-16-12/h3-5H,2H2,1H3,(H2,14,19,21)(H,15,16,17,18). The van der Waals surface area contributed by atoms with Gasteiger partial charge in [0.05, 0.1) is 5.52 Å². The van der Waals surface area contributed by atoms with Gasteiger partial charge in [0.25, 0.3) is 5.56 Å². The Morgan fingerprint density at radius 2 is 2.19 bits per heavy atom. The predicted octanol–water partition coefficient (Wildman–Crippen LogP) is 0.540. The summed E-state index contributed by atoms with van der Waals surface area (Å²) >= 11 is 0. The molecular weight excluding hydrogens is 274 g/mol. The molecule has 0 atom stereocenters. The Morgan fingerprint density at radius 3 is 2.86 bits per heavy atom. The summed E-state index contributed by atoms with van der Waals surface area (Å²) in [7, 11) is 0. The Morgan fingerprint density at radius 1 is 1.38 bits per heavy atom. The molecule has 0 saturated carbocycles. The molecule has 0 aliphatic heterocycles. The number of benzene rings is 1. The van der Waals surface area contributed by atoms with Crippen molar-refractivity contribution in [1.29, 1.82) is 0 Å². The summed E-state index contributed by atoms with van der Waals surface area (Å²) in [5.74, 6) is -1.42. The topological polar surface area (TPSA) is 125 Å². The molecule has 0 bridgehead atoms. The van der Waals surface area contributed by atoms with Crippen LogP contribution in [0, 0.1) is 0 Å². The SMILES string of the molecule is CCc1cccc2[nH]c(=O)c(C(=O)c3nn[nH]n3)c(O)c12. The molecule has 21 heavy (non-hydrogen) atoms. The number of hydrogen-bond donors (Lipinski definition) is 3. The van der Waals surface area contributed by atoms with Crippen LogP contribution >= 0.6 is 0 Å². The van der Waals surface area contributed by atoms with Gasteiger partial charge in [0.15, 0.2) is 0 Å². The molecule has 1 aromatic carbocycles. The Hall–Kier alpha value is -3.03. The highest BCUT2D eigenvalue weighted by Crippen LogP contribution is 2.29. The highest BCUT2D eigenvalue weighted by atomic mass is 16.3. The van der Waals surface area contributed by atoms with E-state index in [1.54, 1.807) is 12.1 Å². The number of H-pyrrole nitrogens is 2. The van der Waals surface area contributed by atoms with Crippen molar-refractivity contribution >= 4 is 16.7 Å². The second-order valence-electron chi connectivity index (χ2n) is 4.44. The van der Waals surface area contributed by atoms with E-state index in [9.17, 15) is 14.7 Å². The molecule has 106 valence electrons. The smallest absolute Gasteiger partial charge is 0.263 e. The van der Waals surface area contributed by atoms with Gasteiger partial charge in [-0.2, -0.15) is 5.21 Å². The minimum absolute atomic E-state index is 0.274. The van der Waals surface area contributed by atoms with Gasteiger partial charge in [-0.15, -0.1) is 10.2 Å². The number of aryl methyl sites for hydroxylation is 1. The number of carbonyl (C=O) groups excluding carboxylic acids is 1. The van der Waals surface area contributed by atoms with Crippen molar-refractivity contribution < 1.29 is 9.90 Å². The van der Waals surface area contributed by atoms with E-state index in [-0.39, 0.29) is 17.1 Å². The number of aromatic amines is 2. The zero-order valence-electron chi connectivity index (χ0n) is 11.0. The Kier molecular flexibility index (Phi) is 2.98. The Balaban J connectivity index is 2.34. The number of aromatic hydroxyl groups is 1. The summed E-state index contributed by atoms with van der Waals surface area (Å²) in [6.45, 7) is 1.92. The minimum Gasteiger partial charge on any atom is -0.506 e. The van der Waals surface area contributed by atoms with Crippen LogP contribution in [0.15, 0.2) is 23.0 Å². The van der Waals surface area contributed by atoms with E-state index in [1.807, 2.05) is 13.0 Å². The first-order valence-corrected chi connectivity index (χ1v) is 6.28. The van der Waals surface area contributed by atoms with Gasteiger partial charge in [0.1, 0.15) is 11.3 Å². The maximum Gasteiger partial charge on any atom is 0.263 e. The first kappa shape index (κ1) is 13.0. The van der Waals surface area contributed by atoms with Gasteiger partial charge in [0.2, 0.25) is 11.6 Å². The highest BCUT2D eigenvalue weighted by molar-refractivity contribution is 6.11. The number of nitrogens with zero attached hydrogens (tertiary/aromatic N) is 3. The molecule has 3 aromatic rings. The van der Waals surface area contributed by atoms with Crippen LogP contribution in [0.2, 0.25) is 0 Å². The number of hydrogen-bond acceptors (Lipinski definition) is 6. The predicted molar refractivity (Wildman–Crippen MR) is 73.2 cm³/mol. The lowest BCUT2D eigenvalue weighted by Gasteiger charge is -2.08. The fraction of sp³-hybridized carbons (Fsp3) is 0.154. The zero-order valence-corrected chi connectivity index (χ0v) is 11.0. The Bertz CT molecular complexity index is 883. The molecule has 0 aliphatic rings. The van der Waals surface area contributed by atoms with E-state index in [0.717, 1.165) is 5.56 Å². The van der Waals surface area contributed by atoms with Gasteiger partial charge in [0, 0.05) is 5.39 Å². The van der Waals surface area contributed by atoms with Crippen molar-refractivity contribution in [3.63, 3.8) is 0 Å². The first-order valence-electron chi connectivity index (χ1n) is 6.28.